The van der Waals surface area contributed by atoms with Gasteiger partial charge in [0, 0.05) is 10.8 Å². The Morgan fingerprint density at radius 3 is 2.23 bits per heavy atom. The summed E-state index contributed by atoms with van der Waals surface area (Å²) in [5, 5.41) is 8.41. The molecule has 0 fully saturated rings. The van der Waals surface area contributed by atoms with E-state index in [1.807, 2.05) is 6.20 Å². The van der Waals surface area contributed by atoms with E-state index in [9.17, 15) is 0 Å². The lowest BCUT2D eigenvalue weighted by molar-refractivity contribution is 1.01. The summed E-state index contributed by atoms with van der Waals surface area (Å²) in [6.07, 6.45) is 1.89. The van der Waals surface area contributed by atoms with E-state index in [-0.39, 0.29) is 0 Å². The van der Waals surface area contributed by atoms with Gasteiger partial charge in [0.25, 0.3) is 0 Å². The van der Waals surface area contributed by atoms with E-state index < -0.39 is 0 Å². The first-order valence-corrected chi connectivity index (χ1v) is 9.00. The first-order valence-electron chi connectivity index (χ1n) is 9.00. The minimum atomic E-state index is 1.15. The van der Waals surface area contributed by atoms with Crippen molar-refractivity contribution in [2.75, 3.05) is 0 Å². The van der Waals surface area contributed by atoms with Crippen molar-refractivity contribution in [3.63, 3.8) is 0 Å². The monoisotopic (exact) mass is 336 g/mol. The van der Waals surface area contributed by atoms with E-state index in [2.05, 4.69) is 91.0 Å². The number of hydrogen-bond donors (Lipinski definition) is 0. The number of nitrogens with zero attached hydrogens (tertiary/aromatic N) is 2. The molecular weight excluding hydrogens is 316 g/mol. The topological polar surface area (TPSA) is 17.3 Å². The second-order valence-electron chi connectivity index (χ2n) is 7.15. The molecule has 0 amide bonds. The lowest BCUT2D eigenvalue weighted by Crippen LogP contribution is -1.96. The van der Waals surface area contributed by atoms with Gasteiger partial charge in [-0.1, -0.05) is 54.1 Å². The highest BCUT2D eigenvalue weighted by Gasteiger charge is 2.15. The number of rotatable bonds is 1. The highest BCUT2D eigenvalue weighted by molar-refractivity contribution is 6.17. The molecule has 2 aromatic heterocycles. The highest BCUT2D eigenvalue weighted by atomic mass is 15.2. The highest BCUT2D eigenvalue weighted by Crippen LogP contribution is 2.38. The molecule has 2 heteroatoms. The van der Waals surface area contributed by atoms with Crippen molar-refractivity contribution < 1.29 is 0 Å². The van der Waals surface area contributed by atoms with Gasteiger partial charge >= 0.3 is 0 Å². The Morgan fingerprint density at radius 2 is 1.46 bits per heavy atom. The molecule has 0 aliphatic rings. The second-order valence-corrected chi connectivity index (χ2v) is 7.15. The number of aryl methyl sites for hydroxylation is 3. The van der Waals surface area contributed by atoms with Gasteiger partial charge < -0.3 is 0 Å². The SMILES string of the molecule is Cc1cc(C)c(-c2cccc3c2c2ccccc2c2ccnn23)c(C)c1. The average Bonchev–Trinajstić information content (AvgIpc) is 3.11. The van der Waals surface area contributed by atoms with Gasteiger partial charge in [-0.05, 0) is 60.5 Å². The Morgan fingerprint density at radius 1 is 0.731 bits per heavy atom. The molecule has 0 saturated carbocycles. The van der Waals surface area contributed by atoms with Gasteiger partial charge in [0.2, 0.25) is 0 Å². The smallest absolute Gasteiger partial charge is 0.0747 e. The number of hydrogen-bond acceptors (Lipinski definition) is 1. The van der Waals surface area contributed by atoms with Crippen molar-refractivity contribution >= 4 is 27.2 Å². The van der Waals surface area contributed by atoms with Crippen LogP contribution in [0.1, 0.15) is 16.7 Å². The fourth-order valence-corrected chi connectivity index (χ4v) is 4.44. The molecule has 0 radical (unpaired) electrons. The summed E-state index contributed by atoms with van der Waals surface area (Å²) < 4.78 is 2.07. The van der Waals surface area contributed by atoms with Gasteiger partial charge in [0.15, 0.2) is 0 Å². The first-order chi connectivity index (χ1) is 12.6. The average molecular weight is 336 g/mol. The maximum atomic E-state index is 4.61. The summed E-state index contributed by atoms with van der Waals surface area (Å²) in [6, 6.07) is 21.9. The molecule has 0 N–H and O–H groups in total. The van der Waals surface area contributed by atoms with Crippen molar-refractivity contribution in [2.24, 2.45) is 0 Å². The van der Waals surface area contributed by atoms with Crippen LogP contribution in [0.25, 0.3) is 38.3 Å². The fourth-order valence-electron chi connectivity index (χ4n) is 4.44. The van der Waals surface area contributed by atoms with Gasteiger partial charge in [-0.2, -0.15) is 5.10 Å². The molecule has 2 nitrogen and oxygen atoms in total. The van der Waals surface area contributed by atoms with Crippen molar-refractivity contribution in [1.82, 2.24) is 9.61 Å². The Labute approximate surface area is 152 Å². The Kier molecular flexibility index (Phi) is 3.17. The molecule has 0 spiro atoms. The van der Waals surface area contributed by atoms with Gasteiger partial charge in [-0.25, -0.2) is 4.52 Å². The largest absolute Gasteiger partial charge is 0.232 e. The van der Waals surface area contributed by atoms with E-state index in [1.54, 1.807) is 0 Å². The maximum absolute atomic E-state index is 4.61. The lowest BCUT2D eigenvalue weighted by Gasteiger charge is -2.16. The summed E-state index contributed by atoms with van der Waals surface area (Å²) in [4.78, 5) is 0. The zero-order valence-corrected chi connectivity index (χ0v) is 15.2. The minimum Gasteiger partial charge on any atom is -0.232 e. The normalized spacial score (nSPS) is 11.7. The number of aromatic nitrogens is 2. The van der Waals surface area contributed by atoms with Crippen LogP contribution in [-0.4, -0.2) is 9.61 Å². The predicted octanol–water partition coefficient (Wildman–Crippen LogP) is 6.23. The third-order valence-corrected chi connectivity index (χ3v) is 5.33. The molecule has 0 saturated heterocycles. The molecular formula is C24H20N2. The second kappa shape index (κ2) is 5.43. The van der Waals surface area contributed by atoms with Crippen molar-refractivity contribution in [1.29, 1.82) is 0 Å². The van der Waals surface area contributed by atoms with Crippen molar-refractivity contribution in [3.8, 4) is 11.1 Å². The molecule has 0 aliphatic carbocycles. The van der Waals surface area contributed by atoms with Gasteiger partial charge in [-0.3, -0.25) is 0 Å². The van der Waals surface area contributed by atoms with Gasteiger partial charge in [0.05, 0.1) is 17.2 Å². The zero-order chi connectivity index (χ0) is 17.8. The maximum Gasteiger partial charge on any atom is 0.0747 e. The fraction of sp³-hybridized carbons (Fsp3) is 0.125. The summed E-state index contributed by atoms with van der Waals surface area (Å²) in [7, 11) is 0. The molecule has 0 bridgehead atoms. The summed E-state index contributed by atoms with van der Waals surface area (Å²) in [6.45, 7) is 6.58. The Bertz CT molecular complexity index is 1290. The van der Waals surface area contributed by atoms with Crippen LogP contribution in [0.2, 0.25) is 0 Å². The molecule has 5 aromatic rings. The van der Waals surface area contributed by atoms with Crippen LogP contribution < -0.4 is 0 Å². The van der Waals surface area contributed by atoms with Crippen LogP contribution in [-0.2, 0) is 0 Å². The predicted molar refractivity (Wildman–Crippen MR) is 110 cm³/mol. The number of pyridine rings is 1. The van der Waals surface area contributed by atoms with E-state index in [4.69, 9.17) is 0 Å². The molecule has 126 valence electrons. The Balaban J connectivity index is 2.05. The molecule has 5 rings (SSSR count). The quantitative estimate of drug-likeness (QED) is 0.332. The summed E-state index contributed by atoms with van der Waals surface area (Å²) in [5.74, 6) is 0. The van der Waals surface area contributed by atoms with Crippen LogP contribution in [0.3, 0.4) is 0 Å². The molecule has 0 atom stereocenters. The van der Waals surface area contributed by atoms with E-state index in [1.165, 1.54) is 44.0 Å². The molecule has 2 heterocycles. The van der Waals surface area contributed by atoms with Crippen molar-refractivity contribution in [3.05, 3.63) is 83.6 Å². The molecule has 3 aromatic carbocycles. The third kappa shape index (κ3) is 2.02. The van der Waals surface area contributed by atoms with Gasteiger partial charge in [0.1, 0.15) is 0 Å². The van der Waals surface area contributed by atoms with E-state index in [0.717, 1.165) is 11.0 Å². The van der Waals surface area contributed by atoms with E-state index in [0.29, 0.717) is 0 Å². The molecule has 26 heavy (non-hydrogen) atoms. The molecule has 0 aliphatic heterocycles. The van der Waals surface area contributed by atoms with Crippen LogP contribution in [0, 0.1) is 20.8 Å². The standard InChI is InChI=1S/C24H20N2/c1-15-13-16(2)23(17(3)14-15)20-9-6-10-22-24(20)19-8-5-4-7-18(19)21-11-12-25-26(21)22/h4-14H,1-3H3. The Hall–Kier alpha value is -3.13. The minimum absolute atomic E-state index is 1.15. The summed E-state index contributed by atoms with van der Waals surface area (Å²) in [5.41, 5.74) is 8.87. The van der Waals surface area contributed by atoms with Crippen molar-refractivity contribution in [2.45, 2.75) is 20.8 Å². The van der Waals surface area contributed by atoms with Crippen LogP contribution in [0.5, 0.6) is 0 Å². The van der Waals surface area contributed by atoms with Gasteiger partial charge in [-0.15, -0.1) is 0 Å². The first kappa shape index (κ1) is 15.2. The third-order valence-electron chi connectivity index (χ3n) is 5.33. The zero-order valence-electron chi connectivity index (χ0n) is 15.2. The summed E-state index contributed by atoms with van der Waals surface area (Å²) >= 11 is 0. The van der Waals surface area contributed by atoms with Crippen LogP contribution in [0.4, 0.5) is 0 Å². The van der Waals surface area contributed by atoms with E-state index >= 15 is 0 Å². The van der Waals surface area contributed by atoms with Crippen LogP contribution in [0.15, 0.2) is 66.9 Å². The number of benzene rings is 3. The number of fused-ring (bicyclic) bond motifs is 6. The molecule has 0 unspecified atom stereocenters. The lowest BCUT2D eigenvalue weighted by atomic mass is 9.90. The van der Waals surface area contributed by atoms with Crippen LogP contribution >= 0.6 is 0 Å².